The van der Waals surface area contributed by atoms with Crippen LogP contribution >= 0.6 is 0 Å². The van der Waals surface area contributed by atoms with Crippen LogP contribution in [0.5, 0.6) is 0 Å². The number of rotatable bonds is 5. The molecule has 0 bridgehead atoms. The van der Waals surface area contributed by atoms with Crippen molar-refractivity contribution in [3.63, 3.8) is 0 Å². The maximum atomic E-state index is 5.77. The van der Waals surface area contributed by atoms with E-state index in [0.29, 0.717) is 17.8 Å². The quantitative estimate of drug-likeness (QED) is 0.879. The third kappa shape index (κ3) is 4.17. The van der Waals surface area contributed by atoms with Crippen molar-refractivity contribution in [2.24, 2.45) is 0 Å². The van der Waals surface area contributed by atoms with Crippen LogP contribution in [0, 0.1) is 0 Å². The summed E-state index contributed by atoms with van der Waals surface area (Å²) in [5, 5.41) is 3.24. The summed E-state index contributed by atoms with van der Waals surface area (Å²) < 4.78 is 5.77. The van der Waals surface area contributed by atoms with E-state index < -0.39 is 0 Å². The smallest absolute Gasteiger partial charge is 0.232 e. The van der Waals surface area contributed by atoms with Gasteiger partial charge in [0, 0.05) is 33.7 Å². The van der Waals surface area contributed by atoms with Gasteiger partial charge < -0.3 is 19.9 Å². The molecule has 1 aliphatic rings. The molecule has 2 heterocycles. The molecule has 1 aromatic heterocycles. The van der Waals surface area contributed by atoms with Gasteiger partial charge in [0.25, 0.3) is 0 Å². The van der Waals surface area contributed by atoms with E-state index in [1.807, 2.05) is 19.0 Å². The van der Waals surface area contributed by atoms with E-state index in [0.717, 1.165) is 26.1 Å². The molecular weight excluding hydrogens is 268 g/mol. The van der Waals surface area contributed by atoms with Gasteiger partial charge in [-0.25, -0.2) is 0 Å². The van der Waals surface area contributed by atoms with Gasteiger partial charge in [-0.1, -0.05) is 6.92 Å². The van der Waals surface area contributed by atoms with Crippen LogP contribution in [0.3, 0.4) is 0 Å². The van der Waals surface area contributed by atoms with Crippen LogP contribution in [0.15, 0.2) is 0 Å². The van der Waals surface area contributed by atoms with Gasteiger partial charge in [-0.05, 0) is 20.3 Å². The zero-order valence-corrected chi connectivity index (χ0v) is 13.6. The average molecular weight is 294 g/mol. The zero-order chi connectivity index (χ0) is 15.4. The SMILES string of the molecule is CCCNc1nc(N(C)C)nc(N2CC(C)OC(C)C2)n1. The summed E-state index contributed by atoms with van der Waals surface area (Å²) in [5.41, 5.74) is 0. The standard InChI is InChI=1S/C14H26N6O/c1-6-7-15-12-16-13(19(4)5)18-14(17-12)20-8-10(2)21-11(3)9-20/h10-11H,6-9H2,1-5H3,(H,15,16,17,18). The molecule has 0 amide bonds. The van der Waals surface area contributed by atoms with E-state index in [9.17, 15) is 0 Å². The highest BCUT2D eigenvalue weighted by Gasteiger charge is 2.25. The van der Waals surface area contributed by atoms with E-state index in [-0.39, 0.29) is 12.2 Å². The minimum absolute atomic E-state index is 0.181. The van der Waals surface area contributed by atoms with Gasteiger partial charge in [0.15, 0.2) is 0 Å². The van der Waals surface area contributed by atoms with Gasteiger partial charge in [-0.2, -0.15) is 15.0 Å². The van der Waals surface area contributed by atoms with E-state index in [4.69, 9.17) is 4.74 Å². The molecule has 1 saturated heterocycles. The van der Waals surface area contributed by atoms with Crippen molar-refractivity contribution >= 4 is 17.8 Å². The molecule has 1 fully saturated rings. The van der Waals surface area contributed by atoms with Crippen LogP contribution in [0.1, 0.15) is 27.2 Å². The lowest BCUT2D eigenvalue weighted by molar-refractivity contribution is -0.00572. The lowest BCUT2D eigenvalue weighted by Crippen LogP contribution is -2.46. The van der Waals surface area contributed by atoms with E-state index in [2.05, 4.69) is 45.9 Å². The number of ether oxygens (including phenoxy) is 1. The number of hydrogen-bond acceptors (Lipinski definition) is 7. The van der Waals surface area contributed by atoms with Crippen molar-refractivity contribution in [3.05, 3.63) is 0 Å². The Morgan fingerprint density at radius 2 is 1.86 bits per heavy atom. The Balaban J connectivity index is 2.26. The largest absolute Gasteiger partial charge is 0.372 e. The summed E-state index contributed by atoms with van der Waals surface area (Å²) in [5.74, 6) is 2.03. The molecule has 1 N–H and O–H groups in total. The number of nitrogens with one attached hydrogen (secondary N) is 1. The molecule has 0 radical (unpaired) electrons. The molecule has 2 unspecified atom stereocenters. The van der Waals surface area contributed by atoms with Crippen LogP contribution in [0.4, 0.5) is 17.8 Å². The Bertz CT molecular complexity index is 457. The van der Waals surface area contributed by atoms with Gasteiger partial charge in [0.1, 0.15) is 0 Å². The predicted octanol–water partition coefficient (Wildman–Crippen LogP) is 1.37. The topological polar surface area (TPSA) is 66.4 Å². The highest BCUT2D eigenvalue weighted by atomic mass is 16.5. The minimum Gasteiger partial charge on any atom is -0.372 e. The Hall–Kier alpha value is -1.63. The number of aromatic nitrogens is 3. The average Bonchev–Trinajstić information content (AvgIpc) is 2.43. The van der Waals surface area contributed by atoms with Crippen LogP contribution in [-0.4, -0.2) is 60.9 Å². The fourth-order valence-electron chi connectivity index (χ4n) is 2.35. The molecule has 1 aliphatic heterocycles. The van der Waals surface area contributed by atoms with Gasteiger partial charge in [0.2, 0.25) is 17.8 Å². The first kappa shape index (κ1) is 15.8. The second-order valence-corrected chi connectivity index (χ2v) is 5.74. The van der Waals surface area contributed by atoms with Crippen molar-refractivity contribution in [2.75, 3.05) is 48.8 Å². The summed E-state index contributed by atoms with van der Waals surface area (Å²) in [7, 11) is 3.88. The normalized spacial score (nSPS) is 22.2. The summed E-state index contributed by atoms with van der Waals surface area (Å²) >= 11 is 0. The van der Waals surface area contributed by atoms with Crippen LogP contribution < -0.4 is 15.1 Å². The first-order valence-corrected chi connectivity index (χ1v) is 7.57. The van der Waals surface area contributed by atoms with Crippen molar-refractivity contribution in [1.82, 2.24) is 15.0 Å². The number of nitrogens with zero attached hydrogens (tertiary/aromatic N) is 5. The van der Waals surface area contributed by atoms with Crippen LogP contribution in [-0.2, 0) is 4.74 Å². The van der Waals surface area contributed by atoms with Crippen molar-refractivity contribution < 1.29 is 4.74 Å². The minimum atomic E-state index is 0.181. The number of morpholine rings is 1. The van der Waals surface area contributed by atoms with Gasteiger partial charge in [0.05, 0.1) is 12.2 Å². The lowest BCUT2D eigenvalue weighted by Gasteiger charge is -2.35. The Morgan fingerprint density at radius 1 is 1.19 bits per heavy atom. The number of anilines is 3. The Morgan fingerprint density at radius 3 is 2.43 bits per heavy atom. The van der Waals surface area contributed by atoms with E-state index >= 15 is 0 Å². The lowest BCUT2D eigenvalue weighted by atomic mass is 10.2. The molecule has 7 heteroatoms. The predicted molar refractivity (Wildman–Crippen MR) is 85.2 cm³/mol. The molecule has 21 heavy (non-hydrogen) atoms. The molecule has 7 nitrogen and oxygen atoms in total. The van der Waals surface area contributed by atoms with Gasteiger partial charge in [-0.3, -0.25) is 0 Å². The van der Waals surface area contributed by atoms with Crippen molar-refractivity contribution in [1.29, 1.82) is 0 Å². The van der Waals surface area contributed by atoms with Crippen molar-refractivity contribution in [3.8, 4) is 0 Å². The van der Waals surface area contributed by atoms with Gasteiger partial charge in [-0.15, -0.1) is 0 Å². The molecule has 2 atom stereocenters. The molecular formula is C14H26N6O. The summed E-state index contributed by atoms with van der Waals surface area (Å²) in [4.78, 5) is 17.6. The number of hydrogen-bond donors (Lipinski definition) is 1. The first-order chi connectivity index (χ1) is 9.99. The second-order valence-electron chi connectivity index (χ2n) is 5.74. The van der Waals surface area contributed by atoms with Gasteiger partial charge >= 0.3 is 0 Å². The fourth-order valence-corrected chi connectivity index (χ4v) is 2.35. The molecule has 1 aromatic rings. The van der Waals surface area contributed by atoms with Crippen molar-refractivity contribution in [2.45, 2.75) is 39.4 Å². The molecule has 0 spiro atoms. The highest BCUT2D eigenvalue weighted by molar-refractivity contribution is 5.45. The van der Waals surface area contributed by atoms with E-state index in [1.165, 1.54) is 0 Å². The molecule has 0 aliphatic carbocycles. The third-order valence-electron chi connectivity index (χ3n) is 3.25. The first-order valence-electron chi connectivity index (χ1n) is 7.57. The van der Waals surface area contributed by atoms with Crippen LogP contribution in [0.25, 0.3) is 0 Å². The maximum absolute atomic E-state index is 5.77. The molecule has 2 rings (SSSR count). The Labute approximate surface area is 126 Å². The summed E-state index contributed by atoms with van der Waals surface area (Å²) in [6, 6.07) is 0. The molecule has 0 aromatic carbocycles. The maximum Gasteiger partial charge on any atom is 0.232 e. The van der Waals surface area contributed by atoms with Crippen LogP contribution in [0.2, 0.25) is 0 Å². The Kier molecular flexibility index (Phi) is 5.17. The molecule has 118 valence electrons. The van der Waals surface area contributed by atoms with E-state index in [1.54, 1.807) is 0 Å². The monoisotopic (exact) mass is 294 g/mol. The summed E-state index contributed by atoms with van der Waals surface area (Å²) in [6.07, 6.45) is 1.39. The molecule has 0 saturated carbocycles. The zero-order valence-electron chi connectivity index (χ0n) is 13.6. The second kappa shape index (κ2) is 6.89. The fraction of sp³-hybridized carbons (Fsp3) is 0.786. The summed E-state index contributed by atoms with van der Waals surface area (Å²) in [6.45, 7) is 8.72. The highest BCUT2D eigenvalue weighted by Crippen LogP contribution is 2.20. The third-order valence-corrected chi connectivity index (χ3v) is 3.25.